The van der Waals surface area contributed by atoms with Gasteiger partial charge in [0.15, 0.2) is 0 Å². The van der Waals surface area contributed by atoms with Crippen molar-refractivity contribution in [2.45, 2.75) is 59.8 Å². The first-order valence-electron chi connectivity index (χ1n) is 6.59. The molecule has 0 amide bonds. The summed E-state index contributed by atoms with van der Waals surface area (Å²) in [6.45, 7) is 8.74. The lowest BCUT2D eigenvalue weighted by Gasteiger charge is -2.48. The van der Waals surface area contributed by atoms with Crippen molar-refractivity contribution in [2.75, 3.05) is 0 Å². The second-order valence-electron chi connectivity index (χ2n) is 6.58. The van der Waals surface area contributed by atoms with Gasteiger partial charge in [0.25, 0.3) is 0 Å². The van der Waals surface area contributed by atoms with Crippen molar-refractivity contribution in [1.82, 2.24) is 0 Å². The van der Waals surface area contributed by atoms with Crippen molar-refractivity contribution in [3.63, 3.8) is 0 Å². The molecule has 2 unspecified atom stereocenters. The molecule has 2 atom stereocenters. The van der Waals surface area contributed by atoms with E-state index in [1.54, 1.807) is 0 Å². The lowest BCUT2D eigenvalue weighted by Crippen LogP contribution is -2.49. The van der Waals surface area contributed by atoms with Crippen molar-refractivity contribution in [1.29, 1.82) is 0 Å². The van der Waals surface area contributed by atoms with Crippen molar-refractivity contribution in [3.8, 4) is 0 Å². The molecule has 1 saturated carbocycles. The van der Waals surface area contributed by atoms with E-state index in [4.69, 9.17) is 0 Å². The zero-order chi connectivity index (χ0) is 12.0. The predicted octanol–water partition coefficient (Wildman–Crippen LogP) is 4.13. The number of rotatable bonds is 0. The molecule has 0 heterocycles. The monoisotopic (exact) mass is 220 g/mol. The zero-order valence-electron chi connectivity index (χ0n) is 11.1. The van der Waals surface area contributed by atoms with E-state index in [9.17, 15) is 4.79 Å². The summed E-state index contributed by atoms with van der Waals surface area (Å²) >= 11 is 0. The number of Topliss-reactive ketones (excluding diaryl/α,β-unsaturated/α-hetero) is 1. The fraction of sp³-hybridized carbons (Fsp3) is 0.800. The molecule has 2 aliphatic rings. The molecule has 1 heteroatoms. The minimum atomic E-state index is -0.0917. The lowest BCUT2D eigenvalue weighted by atomic mass is 9.54. The lowest BCUT2D eigenvalue weighted by molar-refractivity contribution is -0.145. The Hall–Kier alpha value is -0.590. The summed E-state index contributed by atoms with van der Waals surface area (Å²) < 4.78 is 0. The molecule has 0 radical (unpaired) electrons. The molecule has 0 saturated heterocycles. The van der Waals surface area contributed by atoms with Crippen LogP contribution < -0.4 is 0 Å². The topological polar surface area (TPSA) is 17.1 Å². The van der Waals surface area contributed by atoms with E-state index in [1.807, 2.05) is 0 Å². The minimum absolute atomic E-state index is 0.0265. The Morgan fingerprint density at radius 3 is 2.62 bits per heavy atom. The molecule has 0 aliphatic heterocycles. The molecule has 0 aromatic rings. The maximum absolute atomic E-state index is 12.7. The normalized spacial score (nSPS) is 38.6. The SMILES string of the molecule is CC1=CCC2(CCCC(C)(C)C2=O)C(C)C1. The first kappa shape index (κ1) is 11.9. The van der Waals surface area contributed by atoms with Gasteiger partial charge in [0.05, 0.1) is 0 Å². The number of allylic oxidation sites excluding steroid dienone is 2. The van der Waals surface area contributed by atoms with Gasteiger partial charge in [0.1, 0.15) is 5.78 Å². The van der Waals surface area contributed by atoms with Gasteiger partial charge >= 0.3 is 0 Å². The third kappa shape index (κ3) is 1.65. The van der Waals surface area contributed by atoms with Crippen molar-refractivity contribution in [3.05, 3.63) is 11.6 Å². The molecule has 1 nitrogen and oxygen atoms in total. The number of hydrogen-bond acceptors (Lipinski definition) is 1. The predicted molar refractivity (Wildman–Crippen MR) is 67.2 cm³/mol. The summed E-state index contributed by atoms with van der Waals surface area (Å²) in [5.41, 5.74) is 1.35. The van der Waals surface area contributed by atoms with E-state index in [0.717, 1.165) is 25.7 Å². The van der Waals surface area contributed by atoms with Gasteiger partial charge in [-0.2, -0.15) is 0 Å². The Morgan fingerprint density at radius 1 is 1.31 bits per heavy atom. The van der Waals surface area contributed by atoms with Crippen LogP contribution in [0.4, 0.5) is 0 Å². The van der Waals surface area contributed by atoms with Gasteiger partial charge in [-0.15, -0.1) is 0 Å². The van der Waals surface area contributed by atoms with Crippen LogP contribution in [0.15, 0.2) is 11.6 Å². The number of hydrogen-bond donors (Lipinski definition) is 0. The first-order chi connectivity index (χ1) is 7.38. The third-order valence-corrected chi connectivity index (χ3v) is 4.88. The Labute approximate surface area is 99.3 Å². The summed E-state index contributed by atoms with van der Waals surface area (Å²) in [5, 5.41) is 0. The van der Waals surface area contributed by atoms with E-state index in [1.165, 1.54) is 12.0 Å². The summed E-state index contributed by atoms with van der Waals surface area (Å²) in [4.78, 5) is 12.7. The van der Waals surface area contributed by atoms with Crippen LogP contribution in [0.5, 0.6) is 0 Å². The third-order valence-electron chi connectivity index (χ3n) is 4.88. The fourth-order valence-electron chi connectivity index (χ4n) is 3.73. The van der Waals surface area contributed by atoms with Gasteiger partial charge < -0.3 is 0 Å². The maximum atomic E-state index is 12.7. The quantitative estimate of drug-likeness (QED) is 0.561. The van der Waals surface area contributed by atoms with Gasteiger partial charge in [-0.25, -0.2) is 0 Å². The van der Waals surface area contributed by atoms with E-state index in [2.05, 4.69) is 33.8 Å². The second kappa shape index (κ2) is 3.72. The van der Waals surface area contributed by atoms with Crippen LogP contribution in [0, 0.1) is 16.7 Å². The summed E-state index contributed by atoms with van der Waals surface area (Å²) in [7, 11) is 0. The van der Waals surface area contributed by atoms with Gasteiger partial charge in [-0.05, 0) is 38.5 Å². The smallest absolute Gasteiger partial charge is 0.145 e. The van der Waals surface area contributed by atoms with Crippen molar-refractivity contribution < 1.29 is 4.79 Å². The van der Waals surface area contributed by atoms with Crippen LogP contribution >= 0.6 is 0 Å². The Morgan fingerprint density at radius 2 is 2.00 bits per heavy atom. The highest BCUT2D eigenvalue weighted by Gasteiger charge is 2.51. The molecule has 1 fully saturated rings. The molecule has 0 aromatic carbocycles. The van der Waals surface area contributed by atoms with E-state index < -0.39 is 0 Å². The molecule has 2 rings (SSSR count). The molecule has 0 N–H and O–H groups in total. The summed E-state index contributed by atoms with van der Waals surface area (Å²) in [6, 6.07) is 0. The van der Waals surface area contributed by atoms with Crippen LogP contribution in [0.3, 0.4) is 0 Å². The van der Waals surface area contributed by atoms with E-state index in [-0.39, 0.29) is 10.8 Å². The molecule has 2 aliphatic carbocycles. The maximum Gasteiger partial charge on any atom is 0.145 e. The highest BCUT2D eigenvalue weighted by molar-refractivity contribution is 5.91. The van der Waals surface area contributed by atoms with Crippen molar-refractivity contribution >= 4 is 5.78 Å². The Bertz CT molecular complexity index is 337. The van der Waals surface area contributed by atoms with Gasteiger partial charge in [-0.3, -0.25) is 4.79 Å². The molecule has 16 heavy (non-hydrogen) atoms. The average Bonchev–Trinajstić information content (AvgIpc) is 2.19. The molecule has 0 bridgehead atoms. The molecular formula is C15H24O. The highest BCUT2D eigenvalue weighted by Crippen LogP contribution is 2.52. The van der Waals surface area contributed by atoms with Crippen LogP contribution in [0.25, 0.3) is 0 Å². The first-order valence-corrected chi connectivity index (χ1v) is 6.59. The number of carbonyl (C=O) groups is 1. The summed E-state index contributed by atoms with van der Waals surface area (Å²) in [6.07, 6.45) is 7.81. The number of carbonyl (C=O) groups excluding carboxylic acids is 1. The van der Waals surface area contributed by atoms with Gasteiger partial charge in [0.2, 0.25) is 0 Å². The van der Waals surface area contributed by atoms with Crippen LogP contribution in [0.2, 0.25) is 0 Å². The average molecular weight is 220 g/mol. The standard InChI is InChI=1S/C15H24O/c1-11-6-9-15(12(2)10-11)8-5-7-14(3,4)13(15)16/h6,12H,5,7-10H2,1-4H3. The molecule has 1 spiro atoms. The minimum Gasteiger partial charge on any atom is -0.298 e. The Kier molecular flexibility index (Phi) is 2.76. The molecular weight excluding hydrogens is 196 g/mol. The van der Waals surface area contributed by atoms with Crippen LogP contribution in [-0.2, 0) is 4.79 Å². The van der Waals surface area contributed by atoms with Crippen LogP contribution in [-0.4, -0.2) is 5.78 Å². The largest absolute Gasteiger partial charge is 0.298 e. The van der Waals surface area contributed by atoms with Gasteiger partial charge in [0, 0.05) is 10.8 Å². The van der Waals surface area contributed by atoms with Crippen LogP contribution in [0.1, 0.15) is 59.8 Å². The molecule has 90 valence electrons. The zero-order valence-corrected chi connectivity index (χ0v) is 11.1. The van der Waals surface area contributed by atoms with E-state index >= 15 is 0 Å². The van der Waals surface area contributed by atoms with Crippen molar-refractivity contribution in [2.24, 2.45) is 16.7 Å². The van der Waals surface area contributed by atoms with E-state index in [0.29, 0.717) is 11.7 Å². The Balaban J connectivity index is 2.34. The molecule has 0 aromatic heterocycles. The second-order valence-corrected chi connectivity index (χ2v) is 6.58. The summed E-state index contributed by atoms with van der Waals surface area (Å²) in [5.74, 6) is 1.06. The fourth-order valence-corrected chi connectivity index (χ4v) is 3.73. The number of ketones is 1. The van der Waals surface area contributed by atoms with Gasteiger partial charge in [-0.1, -0.05) is 38.8 Å². The highest BCUT2D eigenvalue weighted by atomic mass is 16.1.